The Kier molecular flexibility index (Phi) is 1.23. The van der Waals surface area contributed by atoms with E-state index in [1.54, 1.807) is 0 Å². The molecule has 0 nitrogen and oxygen atoms in total. The molecule has 0 heterocycles. The van der Waals surface area contributed by atoms with Crippen molar-refractivity contribution in [1.29, 1.82) is 0 Å². The van der Waals surface area contributed by atoms with E-state index in [1.807, 2.05) is 0 Å². The molecule has 0 radical (unpaired) electrons. The second kappa shape index (κ2) is 1.62. The van der Waals surface area contributed by atoms with Gasteiger partial charge in [0.15, 0.2) is 0 Å². The van der Waals surface area contributed by atoms with Crippen molar-refractivity contribution in [1.82, 2.24) is 0 Å². The summed E-state index contributed by atoms with van der Waals surface area (Å²) < 4.78 is 0. The highest BCUT2D eigenvalue weighted by molar-refractivity contribution is 5.17. The van der Waals surface area contributed by atoms with Crippen molar-refractivity contribution >= 4 is 0 Å². The van der Waals surface area contributed by atoms with Crippen LogP contribution in [0.15, 0.2) is 12.2 Å². The van der Waals surface area contributed by atoms with Crippen molar-refractivity contribution in [2.75, 3.05) is 0 Å². The van der Waals surface area contributed by atoms with E-state index in [0.717, 1.165) is 11.8 Å². The maximum Gasteiger partial charge on any atom is -0.0124 e. The molecule has 1 fully saturated rings. The molecule has 1 rings (SSSR count). The minimum Gasteiger partial charge on any atom is -0.0998 e. The van der Waals surface area contributed by atoms with Gasteiger partial charge in [-0.15, -0.1) is 0 Å². The van der Waals surface area contributed by atoms with E-state index in [0.29, 0.717) is 5.41 Å². The zero-order valence-corrected chi connectivity index (χ0v) is 6.86. The third kappa shape index (κ3) is 0.810. The molecule has 52 valence electrons. The van der Waals surface area contributed by atoms with Crippen LogP contribution in [0.25, 0.3) is 0 Å². The van der Waals surface area contributed by atoms with Crippen LogP contribution in [-0.4, -0.2) is 0 Å². The minimum absolute atomic E-state index is 0.547. The fourth-order valence-corrected chi connectivity index (χ4v) is 1.96. The van der Waals surface area contributed by atoms with Gasteiger partial charge in [0, 0.05) is 0 Å². The van der Waals surface area contributed by atoms with Crippen molar-refractivity contribution in [2.45, 2.75) is 27.7 Å². The highest BCUT2D eigenvalue weighted by atomic mass is 14.6. The maximum atomic E-state index is 3.96. The number of allylic oxidation sites excluding steroid dienone is 1. The summed E-state index contributed by atoms with van der Waals surface area (Å²) in [6.45, 7) is 13.0. The average molecular weight is 124 g/mol. The molecule has 1 aliphatic rings. The normalized spacial score (nSPS) is 38.2. The van der Waals surface area contributed by atoms with Crippen LogP contribution in [0.5, 0.6) is 0 Å². The van der Waals surface area contributed by atoms with Crippen LogP contribution >= 0.6 is 0 Å². The molecule has 0 spiro atoms. The predicted octanol–water partition coefficient (Wildman–Crippen LogP) is 2.85. The molecule has 0 saturated heterocycles. The zero-order valence-electron chi connectivity index (χ0n) is 6.86. The fraction of sp³-hybridized carbons (Fsp3) is 0.778. The molecular formula is C9H16. The summed E-state index contributed by atoms with van der Waals surface area (Å²) >= 11 is 0. The van der Waals surface area contributed by atoms with E-state index < -0.39 is 0 Å². The monoisotopic (exact) mass is 124 g/mol. The predicted molar refractivity (Wildman–Crippen MR) is 41.2 cm³/mol. The minimum atomic E-state index is 0.547. The highest BCUT2D eigenvalue weighted by Gasteiger charge is 2.54. The van der Waals surface area contributed by atoms with Crippen LogP contribution in [0.2, 0.25) is 0 Å². The zero-order chi connectivity index (χ0) is 7.23. The molecule has 1 aliphatic carbocycles. The van der Waals surface area contributed by atoms with Gasteiger partial charge in [-0.3, -0.25) is 0 Å². The first-order valence-corrected chi connectivity index (χ1v) is 3.63. The molecule has 0 bridgehead atoms. The second-order valence-corrected chi connectivity index (χ2v) is 3.93. The van der Waals surface area contributed by atoms with E-state index in [1.165, 1.54) is 5.57 Å². The molecule has 0 N–H and O–H groups in total. The Labute approximate surface area is 58.0 Å². The van der Waals surface area contributed by atoms with Gasteiger partial charge < -0.3 is 0 Å². The summed E-state index contributed by atoms with van der Waals surface area (Å²) in [6, 6.07) is 0. The first-order valence-electron chi connectivity index (χ1n) is 3.63. The van der Waals surface area contributed by atoms with Crippen molar-refractivity contribution < 1.29 is 0 Å². The van der Waals surface area contributed by atoms with Gasteiger partial charge in [-0.05, 0) is 24.2 Å². The van der Waals surface area contributed by atoms with Crippen LogP contribution in [0, 0.1) is 17.3 Å². The van der Waals surface area contributed by atoms with Crippen molar-refractivity contribution in [3.05, 3.63) is 12.2 Å². The van der Waals surface area contributed by atoms with E-state index >= 15 is 0 Å². The lowest BCUT2D eigenvalue weighted by molar-refractivity contribution is 0.565. The Balaban J connectivity index is 2.62. The molecule has 0 amide bonds. The first kappa shape index (κ1) is 6.85. The molecule has 1 saturated carbocycles. The lowest BCUT2D eigenvalue weighted by Crippen LogP contribution is -1.89. The Morgan fingerprint density at radius 3 is 1.78 bits per heavy atom. The van der Waals surface area contributed by atoms with Crippen LogP contribution in [-0.2, 0) is 0 Å². The van der Waals surface area contributed by atoms with E-state index in [-0.39, 0.29) is 0 Å². The Morgan fingerprint density at radius 1 is 1.44 bits per heavy atom. The summed E-state index contributed by atoms with van der Waals surface area (Å²) in [5.74, 6) is 1.65. The highest BCUT2D eigenvalue weighted by Crippen LogP contribution is 2.60. The Morgan fingerprint density at radius 2 is 1.78 bits per heavy atom. The van der Waals surface area contributed by atoms with Gasteiger partial charge in [0.25, 0.3) is 0 Å². The summed E-state index contributed by atoms with van der Waals surface area (Å²) in [5, 5.41) is 0. The first-order chi connectivity index (χ1) is 3.98. The third-order valence-corrected chi connectivity index (χ3v) is 2.90. The quantitative estimate of drug-likeness (QED) is 0.471. The van der Waals surface area contributed by atoms with Crippen LogP contribution in [0.4, 0.5) is 0 Å². The van der Waals surface area contributed by atoms with Gasteiger partial charge in [-0.25, -0.2) is 0 Å². The van der Waals surface area contributed by atoms with Gasteiger partial charge in [-0.2, -0.15) is 0 Å². The molecule has 0 heteroatoms. The van der Waals surface area contributed by atoms with Gasteiger partial charge in [0.1, 0.15) is 0 Å². The van der Waals surface area contributed by atoms with Gasteiger partial charge in [-0.1, -0.05) is 32.9 Å². The smallest absolute Gasteiger partial charge is 0.0124 e. The lowest BCUT2D eigenvalue weighted by atomic mass is 10.1. The SMILES string of the molecule is C=C(C)C1C(C)C1(C)C. The van der Waals surface area contributed by atoms with Crippen molar-refractivity contribution in [3.8, 4) is 0 Å². The summed E-state index contributed by atoms with van der Waals surface area (Å²) in [5.41, 5.74) is 1.90. The van der Waals surface area contributed by atoms with Gasteiger partial charge in [0.2, 0.25) is 0 Å². The number of rotatable bonds is 1. The van der Waals surface area contributed by atoms with E-state index in [9.17, 15) is 0 Å². The fourth-order valence-electron chi connectivity index (χ4n) is 1.96. The number of hydrogen-bond acceptors (Lipinski definition) is 0. The second-order valence-electron chi connectivity index (χ2n) is 3.93. The Hall–Kier alpha value is -0.260. The van der Waals surface area contributed by atoms with E-state index in [2.05, 4.69) is 34.3 Å². The largest absolute Gasteiger partial charge is 0.0998 e. The van der Waals surface area contributed by atoms with Crippen molar-refractivity contribution in [2.24, 2.45) is 17.3 Å². The molecule has 2 unspecified atom stereocenters. The van der Waals surface area contributed by atoms with E-state index in [4.69, 9.17) is 0 Å². The third-order valence-electron chi connectivity index (χ3n) is 2.90. The average Bonchev–Trinajstić information content (AvgIpc) is 2.07. The summed E-state index contributed by atoms with van der Waals surface area (Å²) in [7, 11) is 0. The van der Waals surface area contributed by atoms with Gasteiger partial charge in [0.05, 0.1) is 0 Å². The summed E-state index contributed by atoms with van der Waals surface area (Å²) in [6.07, 6.45) is 0. The summed E-state index contributed by atoms with van der Waals surface area (Å²) in [4.78, 5) is 0. The molecule has 2 atom stereocenters. The van der Waals surface area contributed by atoms with Gasteiger partial charge >= 0.3 is 0 Å². The molecule has 0 aromatic heterocycles. The van der Waals surface area contributed by atoms with Crippen LogP contribution in [0.3, 0.4) is 0 Å². The Bertz CT molecular complexity index is 142. The topological polar surface area (TPSA) is 0 Å². The molecule has 0 aliphatic heterocycles. The standard InChI is InChI=1S/C9H16/c1-6(2)8-7(3)9(8,4)5/h7-8H,1H2,2-5H3. The number of hydrogen-bond donors (Lipinski definition) is 0. The lowest BCUT2D eigenvalue weighted by Gasteiger charge is -1.99. The van der Waals surface area contributed by atoms with Crippen molar-refractivity contribution in [3.63, 3.8) is 0 Å². The maximum absolute atomic E-state index is 3.96. The van der Waals surface area contributed by atoms with Crippen LogP contribution in [0.1, 0.15) is 27.7 Å². The molecule has 9 heavy (non-hydrogen) atoms. The van der Waals surface area contributed by atoms with Crippen LogP contribution < -0.4 is 0 Å². The molecule has 0 aromatic rings. The molecular weight excluding hydrogens is 108 g/mol. The molecule has 0 aromatic carbocycles.